The summed E-state index contributed by atoms with van der Waals surface area (Å²) in [5.41, 5.74) is 3.38. The maximum atomic E-state index is 12.3. The first-order chi connectivity index (χ1) is 11.3. The molecule has 0 N–H and O–H groups in total. The molecule has 0 saturated carbocycles. The minimum absolute atomic E-state index is 0.0152. The third kappa shape index (κ3) is 4.68. The van der Waals surface area contributed by atoms with Gasteiger partial charge in [0, 0.05) is 20.0 Å². The van der Waals surface area contributed by atoms with E-state index in [1.165, 1.54) is 5.56 Å². The Morgan fingerprint density at radius 1 is 1.04 bits per heavy atom. The zero-order valence-electron chi connectivity index (χ0n) is 14.3. The van der Waals surface area contributed by atoms with Gasteiger partial charge in [0.2, 0.25) is 5.91 Å². The molecule has 128 valence electrons. The normalized spacial score (nSPS) is 11.3. The summed E-state index contributed by atoms with van der Waals surface area (Å²) in [6, 6.07) is 14.3. The van der Waals surface area contributed by atoms with Gasteiger partial charge in [0.25, 0.3) is 0 Å². The summed E-state index contributed by atoms with van der Waals surface area (Å²) in [5.74, 6) is -0.345. The van der Waals surface area contributed by atoms with Crippen LogP contribution in [0.3, 0.4) is 0 Å². The first kappa shape index (κ1) is 18.2. The second kappa shape index (κ2) is 7.62. The van der Waals surface area contributed by atoms with Crippen LogP contribution in [0.15, 0.2) is 53.4 Å². The molecular formula is C19H23NO3S. The SMILES string of the molecule is Cc1ccc(CN(C)C(=O)CCS(=O)(=O)c2ccccc2)c(C)c1. The molecule has 0 aromatic heterocycles. The minimum Gasteiger partial charge on any atom is -0.341 e. The van der Waals surface area contributed by atoms with Gasteiger partial charge in [-0.25, -0.2) is 8.42 Å². The van der Waals surface area contributed by atoms with E-state index in [2.05, 4.69) is 6.07 Å². The molecular weight excluding hydrogens is 322 g/mol. The van der Waals surface area contributed by atoms with Crippen LogP contribution in [0.1, 0.15) is 23.1 Å². The Morgan fingerprint density at radius 2 is 1.71 bits per heavy atom. The highest BCUT2D eigenvalue weighted by Gasteiger charge is 2.18. The molecule has 0 atom stereocenters. The molecule has 24 heavy (non-hydrogen) atoms. The molecule has 2 aromatic rings. The Morgan fingerprint density at radius 3 is 2.33 bits per heavy atom. The second-order valence-corrected chi connectivity index (χ2v) is 8.17. The molecule has 0 radical (unpaired) electrons. The first-order valence-corrected chi connectivity index (χ1v) is 9.53. The number of hydrogen-bond acceptors (Lipinski definition) is 3. The highest BCUT2D eigenvalue weighted by atomic mass is 32.2. The number of amides is 1. The summed E-state index contributed by atoms with van der Waals surface area (Å²) in [4.78, 5) is 14.1. The third-order valence-electron chi connectivity index (χ3n) is 4.02. The van der Waals surface area contributed by atoms with Crippen LogP contribution in [0.5, 0.6) is 0 Å². The Balaban J connectivity index is 1.97. The van der Waals surface area contributed by atoms with Crippen molar-refractivity contribution >= 4 is 15.7 Å². The van der Waals surface area contributed by atoms with E-state index in [1.54, 1.807) is 42.3 Å². The molecule has 0 aliphatic heterocycles. The molecule has 2 rings (SSSR count). The predicted molar refractivity (Wildman–Crippen MR) is 95.5 cm³/mol. The monoisotopic (exact) mass is 345 g/mol. The topological polar surface area (TPSA) is 54.5 Å². The highest BCUT2D eigenvalue weighted by Crippen LogP contribution is 2.15. The van der Waals surface area contributed by atoms with Gasteiger partial charge in [0.1, 0.15) is 0 Å². The second-order valence-electron chi connectivity index (χ2n) is 6.06. The van der Waals surface area contributed by atoms with Crippen LogP contribution in [0.2, 0.25) is 0 Å². The summed E-state index contributed by atoms with van der Waals surface area (Å²) < 4.78 is 24.5. The number of rotatable bonds is 6. The quantitative estimate of drug-likeness (QED) is 0.808. The molecule has 2 aromatic carbocycles. The number of benzene rings is 2. The van der Waals surface area contributed by atoms with Crippen molar-refractivity contribution in [3.63, 3.8) is 0 Å². The summed E-state index contributed by atoms with van der Waals surface area (Å²) in [5, 5.41) is 0. The molecule has 4 nitrogen and oxygen atoms in total. The maximum absolute atomic E-state index is 12.3. The van der Waals surface area contributed by atoms with Gasteiger partial charge in [-0.2, -0.15) is 0 Å². The Bertz CT molecular complexity index is 814. The van der Waals surface area contributed by atoms with Gasteiger partial charge >= 0.3 is 0 Å². The van der Waals surface area contributed by atoms with Crippen molar-refractivity contribution in [1.82, 2.24) is 4.90 Å². The standard InChI is InChI=1S/C19H23NO3S/c1-15-9-10-17(16(2)13-15)14-20(3)19(21)11-12-24(22,23)18-7-5-4-6-8-18/h4-10,13H,11-12,14H2,1-3H3. The lowest BCUT2D eigenvalue weighted by Crippen LogP contribution is -2.28. The Hall–Kier alpha value is -2.14. The molecule has 0 bridgehead atoms. The lowest BCUT2D eigenvalue weighted by molar-refractivity contribution is -0.130. The minimum atomic E-state index is -3.42. The molecule has 1 amide bonds. The summed E-state index contributed by atoms with van der Waals surface area (Å²) in [6.07, 6.45) is -0.0152. The van der Waals surface area contributed by atoms with Crippen LogP contribution in [0.4, 0.5) is 0 Å². The Labute approximate surface area is 144 Å². The van der Waals surface area contributed by atoms with Crippen molar-refractivity contribution in [1.29, 1.82) is 0 Å². The average Bonchev–Trinajstić information content (AvgIpc) is 2.56. The summed E-state index contributed by atoms with van der Waals surface area (Å²) in [6.45, 7) is 4.52. The lowest BCUT2D eigenvalue weighted by atomic mass is 10.1. The van der Waals surface area contributed by atoms with E-state index in [0.717, 1.165) is 11.1 Å². The first-order valence-electron chi connectivity index (χ1n) is 7.87. The van der Waals surface area contributed by atoms with Crippen molar-refractivity contribution in [2.24, 2.45) is 0 Å². The van der Waals surface area contributed by atoms with E-state index >= 15 is 0 Å². The molecule has 5 heteroatoms. The molecule has 0 unspecified atom stereocenters. The fraction of sp³-hybridized carbons (Fsp3) is 0.316. The van der Waals surface area contributed by atoms with E-state index in [1.807, 2.05) is 26.0 Å². The van der Waals surface area contributed by atoms with Gasteiger partial charge in [0.15, 0.2) is 9.84 Å². The fourth-order valence-corrected chi connectivity index (χ4v) is 3.78. The largest absolute Gasteiger partial charge is 0.341 e. The van der Waals surface area contributed by atoms with Crippen molar-refractivity contribution in [3.8, 4) is 0 Å². The van der Waals surface area contributed by atoms with Crippen LogP contribution >= 0.6 is 0 Å². The third-order valence-corrected chi connectivity index (χ3v) is 5.75. The molecule has 0 aliphatic rings. The summed E-state index contributed by atoms with van der Waals surface area (Å²) >= 11 is 0. The summed E-state index contributed by atoms with van der Waals surface area (Å²) in [7, 11) is -1.72. The highest BCUT2D eigenvalue weighted by molar-refractivity contribution is 7.91. The van der Waals surface area contributed by atoms with Crippen LogP contribution in [-0.4, -0.2) is 32.0 Å². The van der Waals surface area contributed by atoms with Gasteiger partial charge in [0.05, 0.1) is 10.6 Å². The van der Waals surface area contributed by atoms with E-state index in [-0.39, 0.29) is 23.0 Å². The number of nitrogens with zero attached hydrogens (tertiary/aromatic N) is 1. The van der Waals surface area contributed by atoms with Crippen molar-refractivity contribution in [2.45, 2.75) is 31.7 Å². The zero-order valence-corrected chi connectivity index (χ0v) is 15.1. The number of carbonyl (C=O) groups excluding carboxylic acids is 1. The smallest absolute Gasteiger partial charge is 0.223 e. The lowest BCUT2D eigenvalue weighted by Gasteiger charge is -2.19. The number of sulfone groups is 1. The van der Waals surface area contributed by atoms with Gasteiger partial charge in [-0.05, 0) is 37.1 Å². The molecule has 0 spiro atoms. The van der Waals surface area contributed by atoms with Crippen molar-refractivity contribution in [3.05, 3.63) is 65.2 Å². The number of carbonyl (C=O) groups is 1. The van der Waals surface area contributed by atoms with E-state index in [9.17, 15) is 13.2 Å². The van der Waals surface area contributed by atoms with E-state index in [0.29, 0.717) is 6.54 Å². The maximum Gasteiger partial charge on any atom is 0.223 e. The van der Waals surface area contributed by atoms with Crippen LogP contribution in [-0.2, 0) is 21.2 Å². The van der Waals surface area contributed by atoms with Crippen LogP contribution < -0.4 is 0 Å². The van der Waals surface area contributed by atoms with Crippen molar-refractivity contribution < 1.29 is 13.2 Å². The number of hydrogen-bond donors (Lipinski definition) is 0. The molecule has 0 aliphatic carbocycles. The average molecular weight is 345 g/mol. The van der Waals surface area contributed by atoms with Crippen LogP contribution in [0.25, 0.3) is 0 Å². The van der Waals surface area contributed by atoms with E-state index < -0.39 is 9.84 Å². The van der Waals surface area contributed by atoms with Gasteiger partial charge < -0.3 is 4.90 Å². The molecule has 0 heterocycles. The zero-order chi connectivity index (χ0) is 17.7. The fourth-order valence-electron chi connectivity index (χ4n) is 2.53. The predicted octanol–water partition coefficient (Wildman–Crippen LogP) is 3.13. The van der Waals surface area contributed by atoms with Crippen LogP contribution in [0, 0.1) is 13.8 Å². The molecule has 0 saturated heterocycles. The van der Waals surface area contributed by atoms with Crippen molar-refractivity contribution in [2.75, 3.05) is 12.8 Å². The van der Waals surface area contributed by atoms with Gasteiger partial charge in [-0.15, -0.1) is 0 Å². The van der Waals surface area contributed by atoms with E-state index in [4.69, 9.17) is 0 Å². The number of aryl methyl sites for hydroxylation is 2. The Kier molecular flexibility index (Phi) is 5.78. The van der Waals surface area contributed by atoms with Gasteiger partial charge in [-0.3, -0.25) is 4.79 Å². The van der Waals surface area contributed by atoms with Gasteiger partial charge in [-0.1, -0.05) is 42.0 Å². The molecule has 0 fully saturated rings.